The molecule has 0 aliphatic carbocycles. The maximum absolute atomic E-state index is 12.6. The molecule has 6 heteroatoms. The predicted molar refractivity (Wildman–Crippen MR) is 48.4 cm³/mol. The number of halogens is 3. The van der Waals surface area contributed by atoms with E-state index in [0.29, 0.717) is 18.7 Å². The summed E-state index contributed by atoms with van der Waals surface area (Å²) in [5.41, 5.74) is 0.156. The van der Waals surface area contributed by atoms with E-state index in [2.05, 4.69) is 5.10 Å². The minimum absolute atomic E-state index is 0.00585. The second kappa shape index (κ2) is 4.23. The molecular formula is C8H11ClF2N2O. The highest BCUT2D eigenvalue weighted by Crippen LogP contribution is 2.31. The van der Waals surface area contributed by atoms with E-state index < -0.39 is 11.1 Å². The van der Waals surface area contributed by atoms with E-state index in [1.807, 2.05) is 0 Å². The number of rotatable bonds is 4. The Hall–Kier alpha value is -0.680. The van der Waals surface area contributed by atoms with E-state index in [4.69, 9.17) is 16.7 Å². The Balaban J connectivity index is 2.82. The zero-order valence-electron chi connectivity index (χ0n) is 7.67. The molecule has 0 amide bonds. The van der Waals surface area contributed by atoms with Gasteiger partial charge >= 0.3 is 5.38 Å². The average molecular weight is 225 g/mol. The van der Waals surface area contributed by atoms with Crippen LogP contribution in [0.25, 0.3) is 0 Å². The summed E-state index contributed by atoms with van der Waals surface area (Å²) < 4.78 is 26.6. The van der Waals surface area contributed by atoms with Gasteiger partial charge < -0.3 is 5.11 Å². The molecule has 0 aliphatic heterocycles. The largest absolute Gasteiger partial charge is 0.396 e. The van der Waals surface area contributed by atoms with Gasteiger partial charge in [0.1, 0.15) is 5.69 Å². The van der Waals surface area contributed by atoms with Crippen LogP contribution in [0.15, 0.2) is 6.07 Å². The Bertz CT molecular complexity index is 309. The molecule has 1 heterocycles. The summed E-state index contributed by atoms with van der Waals surface area (Å²) in [5, 5.41) is 8.79. The number of aliphatic hydroxyl groups is 1. The van der Waals surface area contributed by atoms with Crippen molar-refractivity contribution < 1.29 is 13.9 Å². The molecule has 0 unspecified atom stereocenters. The fourth-order valence-electron chi connectivity index (χ4n) is 1.10. The molecule has 0 aromatic carbocycles. The number of hydrogen-bond acceptors (Lipinski definition) is 2. The maximum Gasteiger partial charge on any atom is 0.366 e. The van der Waals surface area contributed by atoms with Crippen molar-refractivity contribution in [3.05, 3.63) is 17.5 Å². The van der Waals surface area contributed by atoms with Gasteiger partial charge in [0.05, 0.1) is 0 Å². The van der Waals surface area contributed by atoms with Crippen LogP contribution in [0.2, 0.25) is 0 Å². The van der Waals surface area contributed by atoms with Gasteiger partial charge in [0.2, 0.25) is 0 Å². The van der Waals surface area contributed by atoms with Gasteiger partial charge in [0.15, 0.2) is 0 Å². The van der Waals surface area contributed by atoms with Crippen molar-refractivity contribution in [2.24, 2.45) is 0 Å². The van der Waals surface area contributed by atoms with Gasteiger partial charge in [-0.15, -0.1) is 0 Å². The molecule has 80 valence electrons. The molecule has 0 aliphatic rings. The van der Waals surface area contributed by atoms with E-state index in [1.54, 1.807) is 6.92 Å². The molecule has 0 radical (unpaired) electrons. The van der Waals surface area contributed by atoms with E-state index in [1.165, 1.54) is 10.7 Å². The van der Waals surface area contributed by atoms with Crippen LogP contribution in [0.1, 0.15) is 17.8 Å². The van der Waals surface area contributed by atoms with E-state index >= 15 is 0 Å². The third kappa shape index (κ3) is 2.65. The molecule has 1 rings (SSSR count). The lowest BCUT2D eigenvalue weighted by atomic mass is 10.4. The van der Waals surface area contributed by atoms with Crippen molar-refractivity contribution in [3.8, 4) is 0 Å². The summed E-state index contributed by atoms with van der Waals surface area (Å²) in [6.07, 6.45) is 0.482. The number of alkyl halides is 3. The smallest absolute Gasteiger partial charge is 0.366 e. The molecular weight excluding hydrogens is 214 g/mol. The first kappa shape index (κ1) is 11.4. The van der Waals surface area contributed by atoms with Gasteiger partial charge in [0.25, 0.3) is 0 Å². The Morgan fingerprint density at radius 1 is 1.64 bits per heavy atom. The monoisotopic (exact) mass is 224 g/mol. The number of aliphatic hydroxyl groups excluding tert-OH is 1. The lowest BCUT2D eigenvalue weighted by Crippen LogP contribution is -2.08. The normalized spacial score (nSPS) is 12.1. The Kier molecular flexibility index (Phi) is 3.44. The van der Waals surface area contributed by atoms with Gasteiger partial charge in [-0.2, -0.15) is 13.9 Å². The minimum atomic E-state index is -3.42. The van der Waals surface area contributed by atoms with Crippen molar-refractivity contribution in [2.45, 2.75) is 25.3 Å². The molecule has 0 saturated heterocycles. The van der Waals surface area contributed by atoms with E-state index in [9.17, 15) is 8.78 Å². The molecule has 0 spiro atoms. The summed E-state index contributed by atoms with van der Waals surface area (Å²) in [5.74, 6) is 0. The highest BCUT2D eigenvalue weighted by molar-refractivity contribution is 6.21. The number of nitrogens with zero attached hydrogens (tertiary/aromatic N) is 2. The molecule has 0 atom stereocenters. The summed E-state index contributed by atoms with van der Waals surface area (Å²) in [6.45, 7) is 2.08. The Morgan fingerprint density at radius 2 is 2.29 bits per heavy atom. The molecule has 1 aromatic heterocycles. The van der Waals surface area contributed by atoms with Crippen LogP contribution in [0.4, 0.5) is 8.78 Å². The lowest BCUT2D eigenvalue weighted by Gasteiger charge is -2.03. The zero-order valence-corrected chi connectivity index (χ0v) is 8.43. The third-order valence-electron chi connectivity index (χ3n) is 1.80. The fourth-order valence-corrected chi connectivity index (χ4v) is 1.19. The molecule has 3 nitrogen and oxygen atoms in total. The average Bonchev–Trinajstić information content (AvgIpc) is 2.43. The van der Waals surface area contributed by atoms with Crippen molar-refractivity contribution in [1.29, 1.82) is 0 Å². The number of aromatic nitrogens is 2. The van der Waals surface area contributed by atoms with Crippen LogP contribution in [-0.2, 0) is 11.9 Å². The van der Waals surface area contributed by atoms with Crippen LogP contribution in [-0.4, -0.2) is 21.5 Å². The van der Waals surface area contributed by atoms with Crippen LogP contribution < -0.4 is 0 Å². The molecule has 0 bridgehead atoms. The molecule has 0 fully saturated rings. The van der Waals surface area contributed by atoms with Crippen LogP contribution >= 0.6 is 11.6 Å². The second-order valence-electron chi connectivity index (χ2n) is 2.97. The standard InChI is InChI=1S/C8H11ClF2N2O/c1-6-5-7(8(9,10)11)12-13(6)3-2-4-14/h5,14H,2-4H2,1H3. The van der Waals surface area contributed by atoms with Crippen molar-refractivity contribution in [1.82, 2.24) is 9.78 Å². The minimum Gasteiger partial charge on any atom is -0.396 e. The first-order chi connectivity index (χ1) is 6.45. The van der Waals surface area contributed by atoms with E-state index in [-0.39, 0.29) is 6.61 Å². The highest BCUT2D eigenvalue weighted by Gasteiger charge is 2.31. The Labute approximate surface area is 85.3 Å². The van der Waals surface area contributed by atoms with Crippen molar-refractivity contribution >= 4 is 11.6 Å². The zero-order chi connectivity index (χ0) is 10.8. The third-order valence-corrected chi connectivity index (χ3v) is 1.99. The summed E-state index contributed by atoms with van der Waals surface area (Å²) in [4.78, 5) is 0. The van der Waals surface area contributed by atoms with Crippen LogP contribution in [0.3, 0.4) is 0 Å². The SMILES string of the molecule is Cc1cc(C(F)(F)Cl)nn1CCCO. The predicted octanol–water partition coefficient (Wildman–Crippen LogP) is 1.86. The number of hydrogen-bond donors (Lipinski definition) is 1. The van der Waals surface area contributed by atoms with Gasteiger partial charge in [-0.05, 0) is 31.0 Å². The van der Waals surface area contributed by atoms with Crippen LogP contribution in [0.5, 0.6) is 0 Å². The Morgan fingerprint density at radius 3 is 2.71 bits per heavy atom. The van der Waals surface area contributed by atoms with E-state index in [0.717, 1.165) is 0 Å². The first-order valence-corrected chi connectivity index (χ1v) is 4.55. The topological polar surface area (TPSA) is 38.0 Å². The summed E-state index contributed by atoms with van der Waals surface area (Å²) in [6, 6.07) is 1.24. The van der Waals surface area contributed by atoms with Gasteiger partial charge in [-0.3, -0.25) is 4.68 Å². The number of aryl methyl sites for hydroxylation is 2. The van der Waals surface area contributed by atoms with Crippen molar-refractivity contribution in [3.63, 3.8) is 0 Å². The molecule has 1 N–H and O–H groups in total. The molecule has 1 aromatic rings. The molecule has 0 saturated carbocycles. The van der Waals surface area contributed by atoms with Gasteiger partial charge in [-0.1, -0.05) is 0 Å². The maximum atomic E-state index is 12.6. The van der Waals surface area contributed by atoms with Crippen LogP contribution in [0, 0.1) is 6.92 Å². The highest BCUT2D eigenvalue weighted by atomic mass is 35.5. The lowest BCUT2D eigenvalue weighted by molar-refractivity contribution is 0.0890. The summed E-state index contributed by atoms with van der Waals surface area (Å²) in [7, 11) is 0. The second-order valence-corrected chi connectivity index (χ2v) is 3.44. The summed E-state index contributed by atoms with van der Waals surface area (Å²) >= 11 is 4.82. The van der Waals surface area contributed by atoms with Gasteiger partial charge in [0, 0.05) is 18.8 Å². The first-order valence-electron chi connectivity index (χ1n) is 4.17. The molecule has 14 heavy (non-hydrogen) atoms. The fraction of sp³-hybridized carbons (Fsp3) is 0.625. The van der Waals surface area contributed by atoms with Gasteiger partial charge in [-0.25, -0.2) is 0 Å². The quantitative estimate of drug-likeness (QED) is 0.793. The van der Waals surface area contributed by atoms with Crippen molar-refractivity contribution in [2.75, 3.05) is 6.61 Å².